The van der Waals surface area contributed by atoms with Crippen LogP contribution in [0.2, 0.25) is 0 Å². The predicted molar refractivity (Wildman–Crippen MR) is 154 cm³/mol. The first kappa shape index (κ1) is 26.5. The molecule has 0 aliphatic rings. The van der Waals surface area contributed by atoms with Crippen LogP contribution in [-0.2, 0) is 6.42 Å². The highest BCUT2D eigenvalue weighted by atomic mass is 14.1. The molecule has 3 aromatic rings. The van der Waals surface area contributed by atoms with Crippen LogP contribution >= 0.6 is 0 Å². The maximum Gasteiger partial charge on any atom is -0.00887 e. The molecule has 0 aromatic heterocycles. The maximum atomic E-state index is 2.47. The molecule has 0 amide bonds. The van der Waals surface area contributed by atoms with Gasteiger partial charge in [-0.15, -0.1) is 0 Å². The monoisotopic (exact) mass is 456 g/mol. The second-order valence-electron chi connectivity index (χ2n) is 11.5. The molecule has 184 valence electrons. The highest BCUT2D eigenvalue weighted by molar-refractivity contribution is 5.99. The Bertz CT molecular complexity index is 1040. The van der Waals surface area contributed by atoms with E-state index in [0.29, 0.717) is 0 Å². The molecule has 0 saturated heterocycles. The van der Waals surface area contributed by atoms with Crippen molar-refractivity contribution in [2.24, 2.45) is 17.8 Å². The van der Waals surface area contributed by atoms with E-state index in [-0.39, 0.29) is 0 Å². The number of allylic oxidation sites excluding steroid dienone is 2. The van der Waals surface area contributed by atoms with E-state index in [9.17, 15) is 0 Å². The fourth-order valence-electron chi connectivity index (χ4n) is 5.30. The van der Waals surface area contributed by atoms with E-state index >= 15 is 0 Å². The van der Waals surface area contributed by atoms with Crippen LogP contribution in [0.4, 0.5) is 0 Å². The lowest BCUT2D eigenvalue weighted by Crippen LogP contribution is -2.00. The summed E-state index contributed by atoms with van der Waals surface area (Å²) >= 11 is 0. The Morgan fingerprint density at radius 1 is 0.676 bits per heavy atom. The highest BCUT2D eigenvalue weighted by Gasteiger charge is 2.07. The Hall–Kier alpha value is -2.08. The van der Waals surface area contributed by atoms with Crippen molar-refractivity contribution in [1.82, 2.24) is 0 Å². The molecule has 0 N–H and O–H groups in total. The van der Waals surface area contributed by atoms with E-state index in [0.717, 1.165) is 24.2 Å². The third-order valence-electron chi connectivity index (χ3n) is 7.65. The third kappa shape index (κ3) is 8.61. The first-order valence-corrected chi connectivity index (χ1v) is 14.0. The van der Waals surface area contributed by atoms with Gasteiger partial charge < -0.3 is 0 Å². The van der Waals surface area contributed by atoms with Gasteiger partial charge in [0.05, 0.1) is 0 Å². The SMILES string of the molecule is C/C(=C\Cc1cccc2cc3ccccc3cc12)CCC[C@H](C)CCC[C@H](C)CCCC(C)C. The molecule has 0 heteroatoms. The van der Waals surface area contributed by atoms with Gasteiger partial charge in [-0.2, -0.15) is 0 Å². The number of hydrogen-bond donors (Lipinski definition) is 0. The molecule has 0 spiro atoms. The van der Waals surface area contributed by atoms with E-state index in [2.05, 4.69) is 95.3 Å². The van der Waals surface area contributed by atoms with Gasteiger partial charge in [0.2, 0.25) is 0 Å². The molecule has 0 bridgehead atoms. The van der Waals surface area contributed by atoms with Crippen LogP contribution in [0.1, 0.15) is 98.0 Å². The Morgan fingerprint density at radius 3 is 1.94 bits per heavy atom. The molecule has 0 radical (unpaired) electrons. The zero-order valence-electron chi connectivity index (χ0n) is 22.6. The van der Waals surface area contributed by atoms with Crippen molar-refractivity contribution in [3.8, 4) is 0 Å². The largest absolute Gasteiger partial charge is 0.0812 e. The van der Waals surface area contributed by atoms with Gasteiger partial charge in [-0.1, -0.05) is 127 Å². The Kier molecular flexibility index (Phi) is 10.7. The Balaban J connectivity index is 1.40. The van der Waals surface area contributed by atoms with Crippen LogP contribution in [0.5, 0.6) is 0 Å². The molecular weight excluding hydrogens is 408 g/mol. The lowest BCUT2D eigenvalue weighted by Gasteiger charge is -2.15. The number of rotatable bonds is 14. The van der Waals surface area contributed by atoms with E-state index < -0.39 is 0 Å². The molecule has 3 rings (SSSR count). The van der Waals surface area contributed by atoms with Crippen molar-refractivity contribution >= 4 is 21.5 Å². The zero-order chi connectivity index (χ0) is 24.3. The van der Waals surface area contributed by atoms with Crippen molar-refractivity contribution in [3.05, 3.63) is 71.8 Å². The van der Waals surface area contributed by atoms with Gasteiger partial charge in [-0.05, 0) is 83.2 Å². The van der Waals surface area contributed by atoms with Gasteiger partial charge in [-0.25, -0.2) is 0 Å². The summed E-state index contributed by atoms with van der Waals surface area (Å²) in [4.78, 5) is 0. The van der Waals surface area contributed by atoms with E-state index in [1.165, 1.54) is 84.9 Å². The molecule has 34 heavy (non-hydrogen) atoms. The van der Waals surface area contributed by atoms with Gasteiger partial charge in [0, 0.05) is 0 Å². The average molecular weight is 457 g/mol. The van der Waals surface area contributed by atoms with Crippen LogP contribution in [0, 0.1) is 17.8 Å². The second-order valence-corrected chi connectivity index (χ2v) is 11.5. The number of fused-ring (bicyclic) bond motifs is 2. The van der Waals surface area contributed by atoms with Crippen molar-refractivity contribution in [2.45, 2.75) is 98.8 Å². The first-order chi connectivity index (χ1) is 16.4. The standard InChI is InChI=1S/C34H48/c1-26(2)12-8-13-27(3)14-9-15-28(4)16-10-17-29(5)22-23-30-20-11-21-33-24-31-18-6-7-19-32(31)25-34(30)33/h6-7,11,18-22,24-28H,8-10,12-17,23H2,1-5H3/b29-22+/t27-,28-/m1/s1. The lowest BCUT2D eigenvalue weighted by molar-refractivity contribution is 0.389. The van der Waals surface area contributed by atoms with E-state index in [1.54, 1.807) is 5.57 Å². The highest BCUT2D eigenvalue weighted by Crippen LogP contribution is 2.27. The fourth-order valence-corrected chi connectivity index (χ4v) is 5.30. The van der Waals surface area contributed by atoms with E-state index in [1.807, 2.05) is 0 Å². The van der Waals surface area contributed by atoms with Crippen molar-refractivity contribution in [2.75, 3.05) is 0 Å². The minimum absolute atomic E-state index is 0.858. The summed E-state index contributed by atoms with van der Waals surface area (Å²) in [5.41, 5.74) is 2.99. The molecule has 0 heterocycles. The van der Waals surface area contributed by atoms with Crippen LogP contribution in [0.15, 0.2) is 66.2 Å². The van der Waals surface area contributed by atoms with Gasteiger partial charge in [0.25, 0.3) is 0 Å². The Labute approximate surface area is 209 Å². The van der Waals surface area contributed by atoms with Crippen molar-refractivity contribution in [1.29, 1.82) is 0 Å². The predicted octanol–water partition coefficient (Wildman–Crippen LogP) is 10.9. The van der Waals surface area contributed by atoms with Crippen LogP contribution in [0.25, 0.3) is 21.5 Å². The molecular formula is C34H48. The van der Waals surface area contributed by atoms with Gasteiger partial charge >= 0.3 is 0 Å². The van der Waals surface area contributed by atoms with Crippen LogP contribution < -0.4 is 0 Å². The summed E-state index contributed by atoms with van der Waals surface area (Å²) in [6.07, 6.45) is 15.9. The van der Waals surface area contributed by atoms with E-state index in [4.69, 9.17) is 0 Å². The van der Waals surface area contributed by atoms with Crippen molar-refractivity contribution < 1.29 is 0 Å². The smallest absolute Gasteiger partial charge is 0.00887 e. The lowest BCUT2D eigenvalue weighted by atomic mass is 9.91. The number of hydrogen-bond acceptors (Lipinski definition) is 0. The summed E-state index contributed by atoms with van der Waals surface area (Å²) in [7, 11) is 0. The minimum atomic E-state index is 0.858. The minimum Gasteiger partial charge on any atom is -0.0812 e. The average Bonchev–Trinajstić information content (AvgIpc) is 2.81. The molecule has 3 aromatic carbocycles. The van der Waals surface area contributed by atoms with Gasteiger partial charge in [0.15, 0.2) is 0 Å². The van der Waals surface area contributed by atoms with Crippen LogP contribution in [-0.4, -0.2) is 0 Å². The quantitative estimate of drug-likeness (QED) is 0.167. The molecule has 0 aliphatic carbocycles. The summed E-state index contributed by atoms with van der Waals surface area (Å²) in [6, 6.07) is 20.2. The topological polar surface area (TPSA) is 0 Å². The number of benzene rings is 3. The molecule has 2 atom stereocenters. The maximum absolute atomic E-state index is 2.47. The zero-order valence-corrected chi connectivity index (χ0v) is 22.6. The molecule has 0 saturated carbocycles. The second kappa shape index (κ2) is 13.7. The molecule has 0 nitrogen and oxygen atoms in total. The summed E-state index contributed by atoms with van der Waals surface area (Å²) in [6.45, 7) is 11.9. The molecule has 0 unspecified atom stereocenters. The Morgan fingerprint density at radius 2 is 1.26 bits per heavy atom. The summed E-state index contributed by atoms with van der Waals surface area (Å²) in [5, 5.41) is 5.42. The fraction of sp³-hybridized carbons (Fsp3) is 0.529. The van der Waals surface area contributed by atoms with Crippen LogP contribution in [0.3, 0.4) is 0 Å². The third-order valence-corrected chi connectivity index (χ3v) is 7.65. The van der Waals surface area contributed by atoms with Crippen molar-refractivity contribution in [3.63, 3.8) is 0 Å². The summed E-state index contributed by atoms with van der Waals surface area (Å²) in [5.74, 6) is 2.63. The van der Waals surface area contributed by atoms with Gasteiger partial charge in [0.1, 0.15) is 0 Å². The first-order valence-electron chi connectivity index (χ1n) is 14.0. The molecule has 0 fully saturated rings. The summed E-state index contributed by atoms with van der Waals surface area (Å²) < 4.78 is 0. The molecule has 0 aliphatic heterocycles. The van der Waals surface area contributed by atoms with Gasteiger partial charge in [-0.3, -0.25) is 0 Å². The normalized spacial score (nSPS) is 14.2.